The van der Waals surface area contributed by atoms with Crippen molar-refractivity contribution in [3.63, 3.8) is 0 Å². The van der Waals surface area contributed by atoms with Crippen LogP contribution < -0.4 is 10.1 Å². The summed E-state index contributed by atoms with van der Waals surface area (Å²) in [4.78, 5) is 26.6. The number of nitrogens with zero attached hydrogens (tertiary/aromatic N) is 1. The molecule has 0 saturated heterocycles. The SMILES string of the molecule is O=C(N[C@H]1CC[C@@H](C(=O)O)C1)c1cccc(OCC(F)(F)F)n1. The van der Waals surface area contributed by atoms with E-state index in [4.69, 9.17) is 5.11 Å². The largest absolute Gasteiger partial charge is 0.481 e. The van der Waals surface area contributed by atoms with E-state index in [9.17, 15) is 22.8 Å². The van der Waals surface area contributed by atoms with E-state index in [2.05, 4.69) is 15.0 Å². The maximum absolute atomic E-state index is 12.1. The lowest BCUT2D eigenvalue weighted by atomic mass is 10.1. The molecule has 1 heterocycles. The first-order valence-electron chi connectivity index (χ1n) is 6.95. The molecule has 1 fully saturated rings. The number of aliphatic carboxylic acids is 1. The molecule has 1 aliphatic rings. The zero-order valence-electron chi connectivity index (χ0n) is 12.0. The maximum atomic E-state index is 12.1. The molecule has 2 rings (SSSR count). The van der Waals surface area contributed by atoms with Crippen molar-refractivity contribution in [3.05, 3.63) is 23.9 Å². The zero-order chi connectivity index (χ0) is 17.0. The molecule has 0 aliphatic heterocycles. The Morgan fingerprint density at radius 1 is 1.35 bits per heavy atom. The molecule has 0 aromatic carbocycles. The van der Waals surface area contributed by atoms with Crippen LogP contribution in [0.5, 0.6) is 5.88 Å². The Balaban J connectivity index is 1.93. The van der Waals surface area contributed by atoms with Crippen molar-refractivity contribution in [1.82, 2.24) is 10.3 Å². The van der Waals surface area contributed by atoms with E-state index in [-0.39, 0.29) is 17.6 Å². The van der Waals surface area contributed by atoms with Crippen molar-refractivity contribution in [2.45, 2.75) is 31.5 Å². The van der Waals surface area contributed by atoms with Gasteiger partial charge in [-0.3, -0.25) is 9.59 Å². The van der Waals surface area contributed by atoms with Gasteiger partial charge in [-0.05, 0) is 25.3 Å². The molecular formula is C14H15F3N2O4. The van der Waals surface area contributed by atoms with Crippen molar-refractivity contribution < 1.29 is 32.6 Å². The van der Waals surface area contributed by atoms with E-state index in [0.717, 1.165) is 0 Å². The van der Waals surface area contributed by atoms with Gasteiger partial charge in [0.25, 0.3) is 5.91 Å². The van der Waals surface area contributed by atoms with Crippen LogP contribution in [0.1, 0.15) is 29.8 Å². The number of hydrogen-bond acceptors (Lipinski definition) is 4. The highest BCUT2D eigenvalue weighted by Gasteiger charge is 2.31. The molecule has 6 nitrogen and oxygen atoms in total. The molecule has 0 bridgehead atoms. The average Bonchev–Trinajstić information content (AvgIpc) is 2.93. The molecule has 1 aromatic rings. The Morgan fingerprint density at radius 2 is 2.09 bits per heavy atom. The van der Waals surface area contributed by atoms with Gasteiger partial charge in [-0.15, -0.1) is 0 Å². The van der Waals surface area contributed by atoms with Gasteiger partial charge < -0.3 is 15.2 Å². The van der Waals surface area contributed by atoms with Gasteiger partial charge in [0.1, 0.15) is 5.69 Å². The van der Waals surface area contributed by atoms with E-state index in [1.54, 1.807) is 0 Å². The molecular weight excluding hydrogens is 317 g/mol. The first-order chi connectivity index (χ1) is 10.7. The third kappa shape index (κ3) is 5.11. The minimum Gasteiger partial charge on any atom is -0.481 e. The van der Waals surface area contributed by atoms with E-state index in [1.165, 1.54) is 18.2 Å². The Labute approximate surface area is 129 Å². The predicted molar refractivity (Wildman–Crippen MR) is 72.0 cm³/mol. The minimum absolute atomic E-state index is 0.0801. The first-order valence-corrected chi connectivity index (χ1v) is 6.95. The summed E-state index contributed by atoms with van der Waals surface area (Å²) >= 11 is 0. The van der Waals surface area contributed by atoms with Gasteiger partial charge in [-0.1, -0.05) is 6.07 Å². The monoisotopic (exact) mass is 332 g/mol. The summed E-state index contributed by atoms with van der Waals surface area (Å²) in [6.45, 7) is -1.49. The molecule has 0 spiro atoms. The van der Waals surface area contributed by atoms with Gasteiger partial charge in [-0.2, -0.15) is 13.2 Å². The molecule has 1 aliphatic carbocycles. The maximum Gasteiger partial charge on any atom is 0.422 e. The van der Waals surface area contributed by atoms with Crippen molar-refractivity contribution in [2.75, 3.05) is 6.61 Å². The summed E-state index contributed by atoms with van der Waals surface area (Å²) in [5, 5.41) is 11.5. The number of aromatic nitrogens is 1. The van der Waals surface area contributed by atoms with Crippen LogP contribution in [0.15, 0.2) is 18.2 Å². The number of hydrogen-bond donors (Lipinski definition) is 2. The van der Waals surface area contributed by atoms with Gasteiger partial charge in [-0.25, -0.2) is 4.98 Å². The number of nitrogens with one attached hydrogen (secondary N) is 1. The van der Waals surface area contributed by atoms with Gasteiger partial charge >= 0.3 is 12.1 Å². The molecule has 1 amide bonds. The van der Waals surface area contributed by atoms with Crippen LogP contribution >= 0.6 is 0 Å². The van der Waals surface area contributed by atoms with Gasteiger partial charge in [0.05, 0.1) is 5.92 Å². The molecule has 2 N–H and O–H groups in total. The van der Waals surface area contributed by atoms with E-state index >= 15 is 0 Å². The standard InChI is InChI=1S/C14H15F3N2O4/c15-14(16,17)7-23-11-3-1-2-10(19-11)12(20)18-9-5-4-8(6-9)13(21)22/h1-3,8-9H,4-7H2,(H,18,20)(H,21,22)/t8-,9+/m1/s1. The lowest BCUT2D eigenvalue weighted by molar-refractivity contribution is -0.154. The van der Waals surface area contributed by atoms with Crippen molar-refractivity contribution in [3.8, 4) is 5.88 Å². The fourth-order valence-corrected chi connectivity index (χ4v) is 2.37. The number of ether oxygens (including phenoxy) is 1. The predicted octanol–water partition coefficient (Wildman–Crippen LogP) is 2.01. The third-order valence-electron chi connectivity index (χ3n) is 3.46. The zero-order valence-corrected chi connectivity index (χ0v) is 12.0. The lowest BCUT2D eigenvalue weighted by Gasteiger charge is -2.13. The third-order valence-corrected chi connectivity index (χ3v) is 3.46. The average molecular weight is 332 g/mol. The van der Waals surface area contributed by atoms with Gasteiger partial charge in [0, 0.05) is 12.1 Å². The lowest BCUT2D eigenvalue weighted by Crippen LogP contribution is -2.34. The highest BCUT2D eigenvalue weighted by Crippen LogP contribution is 2.26. The van der Waals surface area contributed by atoms with Gasteiger partial charge in [0.2, 0.25) is 5.88 Å². The summed E-state index contributed by atoms with van der Waals surface area (Å²) in [6, 6.07) is 3.64. The van der Waals surface area contributed by atoms with Crippen LogP contribution in [0.2, 0.25) is 0 Å². The highest BCUT2D eigenvalue weighted by atomic mass is 19.4. The Morgan fingerprint density at radius 3 is 2.70 bits per heavy atom. The second-order valence-corrected chi connectivity index (χ2v) is 5.28. The summed E-state index contributed by atoms with van der Waals surface area (Å²) < 4.78 is 40.8. The minimum atomic E-state index is -4.49. The Bertz CT molecular complexity index is 592. The van der Waals surface area contributed by atoms with E-state index in [0.29, 0.717) is 19.3 Å². The molecule has 0 radical (unpaired) electrons. The number of carboxylic acid groups (broad SMARTS) is 1. The normalized spacial score (nSPS) is 21.0. The molecule has 2 atom stereocenters. The van der Waals surface area contributed by atoms with Crippen LogP contribution in [-0.2, 0) is 4.79 Å². The summed E-state index contributed by atoms with van der Waals surface area (Å²) in [6.07, 6.45) is -3.16. The fourth-order valence-electron chi connectivity index (χ4n) is 2.37. The molecule has 126 valence electrons. The first kappa shape index (κ1) is 17.0. The number of rotatable bonds is 5. The molecule has 1 aromatic heterocycles. The smallest absolute Gasteiger partial charge is 0.422 e. The second kappa shape index (κ2) is 6.84. The number of amides is 1. The summed E-state index contributed by atoms with van der Waals surface area (Å²) in [5.74, 6) is -2.26. The van der Waals surface area contributed by atoms with Crippen molar-refractivity contribution >= 4 is 11.9 Å². The van der Waals surface area contributed by atoms with Crippen molar-refractivity contribution in [1.29, 1.82) is 0 Å². The van der Waals surface area contributed by atoms with Gasteiger partial charge in [0.15, 0.2) is 6.61 Å². The summed E-state index contributed by atoms with van der Waals surface area (Å²) in [5.41, 5.74) is -0.0801. The van der Waals surface area contributed by atoms with E-state index in [1.807, 2.05) is 0 Å². The number of carbonyl (C=O) groups is 2. The quantitative estimate of drug-likeness (QED) is 0.861. The topological polar surface area (TPSA) is 88.5 Å². The summed E-state index contributed by atoms with van der Waals surface area (Å²) in [7, 11) is 0. The van der Waals surface area contributed by atoms with Crippen LogP contribution in [0, 0.1) is 5.92 Å². The van der Waals surface area contributed by atoms with Crippen LogP contribution in [0.25, 0.3) is 0 Å². The van der Waals surface area contributed by atoms with Crippen molar-refractivity contribution in [2.24, 2.45) is 5.92 Å². The molecule has 0 unspecified atom stereocenters. The Hall–Kier alpha value is -2.32. The Kier molecular flexibility index (Phi) is 5.07. The van der Waals surface area contributed by atoms with Crippen LogP contribution in [0.4, 0.5) is 13.2 Å². The fraction of sp³-hybridized carbons (Fsp3) is 0.500. The van der Waals surface area contributed by atoms with E-state index < -0.39 is 30.6 Å². The number of pyridine rings is 1. The molecule has 9 heteroatoms. The number of carbonyl (C=O) groups excluding carboxylic acids is 1. The van der Waals surface area contributed by atoms with Crippen LogP contribution in [-0.4, -0.2) is 40.8 Å². The number of carboxylic acids is 1. The molecule has 23 heavy (non-hydrogen) atoms. The number of halogens is 3. The highest BCUT2D eigenvalue weighted by molar-refractivity contribution is 5.92. The number of alkyl halides is 3. The second-order valence-electron chi connectivity index (χ2n) is 5.28. The molecule has 1 saturated carbocycles. The van der Waals surface area contributed by atoms with Crippen LogP contribution in [0.3, 0.4) is 0 Å².